The Morgan fingerprint density at radius 1 is 1.40 bits per heavy atom. The summed E-state index contributed by atoms with van der Waals surface area (Å²) in [6.45, 7) is 1.90. The average molecular weight is 205 g/mol. The molecule has 0 amide bonds. The lowest BCUT2D eigenvalue weighted by Gasteiger charge is -2.13. The third kappa shape index (κ3) is 2.58. The van der Waals surface area contributed by atoms with Crippen LogP contribution in [0.15, 0.2) is 24.3 Å². The van der Waals surface area contributed by atoms with Crippen LogP contribution in [0.1, 0.15) is 30.0 Å². The summed E-state index contributed by atoms with van der Waals surface area (Å²) in [5, 5.41) is 3.59. The van der Waals surface area contributed by atoms with Crippen molar-refractivity contribution in [3.05, 3.63) is 35.4 Å². The normalized spacial score (nSPS) is 19.1. The van der Waals surface area contributed by atoms with Crippen LogP contribution in [0.5, 0.6) is 0 Å². The summed E-state index contributed by atoms with van der Waals surface area (Å²) in [6.07, 6.45) is 3.56. The third-order valence-corrected chi connectivity index (χ3v) is 3.05. The SMILES string of the molecule is COCCCNC1CCc2ccccc21. The summed E-state index contributed by atoms with van der Waals surface area (Å²) in [5.74, 6) is 0. The maximum absolute atomic E-state index is 5.04. The highest BCUT2D eigenvalue weighted by molar-refractivity contribution is 5.34. The molecule has 1 aliphatic carbocycles. The van der Waals surface area contributed by atoms with Crippen LogP contribution in [0.2, 0.25) is 0 Å². The van der Waals surface area contributed by atoms with Crippen LogP contribution in [0.25, 0.3) is 0 Å². The molecule has 1 atom stereocenters. The van der Waals surface area contributed by atoms with E-state index in [1.807, 2.05) is 0 Å². The number of hydrogen-bond donors (Lipinski definition) is 1. The zero-order valence-electron chi connectivity index (χ0n) is 9.33. The van der Waals surface area contributed by atoms with Gasteiger partial charge in [0.05, 0.1) is 0 Å². The number of fused-ring (bicyclic) bond motifs is 1. The van der Waals surface area contributed by atoms with Gasteiger partial charge in [-0.1, -0.05) is 24.3 Å². The van der Waals surface area contributed by atoms with Gasteiger partial charge in [0.2, 0.25) is 0 Å². The molecule has 2 rings (SSSR count). The topological polar surface area (TPSA) is 21.3 Å². The van der Waals surface area contributed by atoms with E-state index in [2.05, 4.69) is 29.6 Å². The van der Waals surface area contributed by atoms with E-state index in [-0.39, 0.29) is 0 Å². The lowest BCUT2D eigenvalue weighted by molar-refractivity contribution is 0.193. The van der Waals surface area contributed by atoms with Crippen LogP contribution in [-0.4, -0.2) is 20.3 Å². The summed E-state index contributed by atoms with van der Waals surface area (Å²) >= 11 is 0. The van der Waals surface area contributed by atoms with E-state index in [9.17, 15) is 0 Å². The number of nitrogens with one attached hydrogen (secondary N) is 1. The van der Waals surface area contributed by atoms with Crippen molar-refractivity contribution in [1.82, 2.24) is 5.32 Å². The summed E-state index contributed by atoms with van der Waals surface area (Å²) in [5.41, 5.74) is 3.01. The second-order valence-corrected chi connectivity index (χ2v) is 4.09. The molecule has 0 saturated heterocycles. The Labute approximate surface area is 91.6 Å². The van der Waals surface area contributed by atoms with Gasteiger partial charge in [0.25, 0.3) is 0 Å². The van der Waals surface area contributed by atoms with Crippen LogP contribution in [0.4, 0.5) is 0 Å². The maximum Gasteiger partial charge on any atom is 0.0474 e. The van der Waals surface area contributed by atoms with Crippen molar-refractivity contribution in [2.45, 2.75) is 25.3 Å². The van der Waals surface area contributed by atoms with Crippen molar-refractivity contribution in [1.29, 1.82) is 0 Å². The second kappa shape index (κ2) is 5.29. The molecule has 82 valence electrons. The Bertz CT molecular complexity index is 311. The van der Waals surface area contributed by atoms with Crippen molar-refractivity contribution in [3.63, 3.8) is 0 Å². The van der Waals surface area contributed by atoms with E-state index in [4.69, 9.17) is 4.74 Å². The summed E-state index contributed by atoms with van der Waals surface area (Å²) in [7, 11) is 1.75. The van der Waals surface area contributed by atoms with Crippen molar-refractivity contribution in [2.75, 3.05) is 20.3 Å². The summed E-state index contributed by atoms with van der Waals surface area (Å²) in [4.78, 5) is 0. The fourth-order valence-corrected chi connectivity index (χ4v) is 2.26. The van der Waals surface area contributed by atoms with Crippen molar-refractivity contribution in [2.24, 2.45) is 0 Å². The molecule has 0 spiro atoms. The van der Waals surface area contributed by atoms with E-state index in [1.54, 1.807) is 7.11 Å². The first kappa shape index (κ1) is 10.7. The molecule has 1 aliphatic rings. The van der Waals surface area contributed by atoms with E-state index in [0.717, 1.165) is 19.6 Å². The first-order valence-corrected chi connectivity index (χ1v) is 5.72. The predicted molar refractivity (Wildman–Crippen MR) is 62.0 cm³/mol. The van der Waals surface area contributed by atoms with Crippen LogP contribution >= 0.6 is 0 Å². The Morgan fingerprint density at radius 3 is 3.13 bits per heavy atom. The maximum atomic E-state index is 5.04. The zero-order chi connectivity index (χ0) is 10.5. The van der Waals surface area contributed by atoms with Gasteiger partial charge in [0.1, 0.15) is 0 Å². The van der Waals surface area contributed by atoms with E-state index < -0.39 is 0 Å². The van der Waals surface area contributed by atoms with Gasteiger partial charge in [-0.25, -0.2) is 0 Å². The molecule has 0 saturated carbocycles. The molecular formula is C13H19NO. The fourth-order valence-electron chi connectivity index (χ4n) is 2.26. The molecule has 0 radical (unpaired) electrons. The Balaban J connectivity index is 1.85. The first-order valence-electron chi connectivity index (χ1n) is 5.72. The Hall–Kier alpha value is -0.860. The van der Waals surface area contributed by atoms with Gasteiger partial charge < -0.3 is 10.1 Å². The minimum Gasteiger partial charge on any atom is -0.385 e. The first-order chi connectivity index (χ1) is 7.42. The van der Waals surface area contributed by atoms with Gasteiger partial charge in [-0.05, 0) is 36.9 Å². The molecule has 15 heavy (non-hydrogen) atoms. The fraction of sp³-hybridized carbons (Fsp3) is 0.538. The Kier molecular flexibility index (Phi) is 3.75. The highest BCUT2D eigenvalue weighted by atomic mass is 16.5. The van der Waals surface area contributed by atoms with Crippen LogP contribution in [0, 0.1) is 0 Å². The quantitative estimate of drug-likeness (QED) is 0.745. The zero-order valence-corrected chi connectivity index (χ0v) is 9.33. The van der Waals surface area contributed by atoms with Gasteiger partial charge in [0.15, 0.2) is 0 Å². The van der Waals surface area contributed by atoms with Gasteiger partial charge >= 0.3 is 0 Å². The van der Waals surface area contributed by atoms with Gasteiger partial charge in [-0.15, -0.1) is 0 Å². The minimum absolute atomic E-state index is 0.568. The second-order valence-electron chi connectivity index (χ2n) is 4.09. The predicted octanol–water partition coefficient (Wildman–Crippen LogP) is 2.30. The number of hydrogen-bond acceptors (Lipinski definition) is 2. The van der Waals surface area contributed by atoms with Crippen molar-refractivity contribution < 1.29 is 4.74 Å². The molecule has 2 nitrogen and oxygen atoms in total. The largest absolute Gasteiger partial charge is 0.385 e. The van der Waals surface area contributed by atoms with E-state index >= 15 is 0 Å². The molecule has 2 heteroatoms. The van der Waals surface area contributed by atoms with E-state index in [0.29, 0.717) is 6.04 Å². The molecule has 1 unspecified atom stereocenters. The standard InChI is InChI=1S/C13H19NO/c1-15-10-4-9-14-13-8-7-11-5-2-3-6-12(11)13/h2-3,5-6,13-14H,4,7-10H2,1H3. The molecule has 1 aromatic carbocycles. The highest BCUT2D eigenvalue weighted by Crippen LogP contribution is 2.30. The molecule has 0 fully saturated rings. The number of aryl methyl sites for hydroxylation is 1. The molecule has 0 bridgehead atoms. The van der Waals surface area contributed by atoms with Gasteiger partial charge in [0, 0.05) is 19.8 Å². The molecule has 0 heterocycles. The van der Waals surface area contributed by atoms with Gasteiger partial charge in [-0.2, -0.15) is 0 Å². The number of rotatable bonds is 5. The molecule has 1 N–H and O–H groups in total. The third-order valence-electron chi connectivity index (χ3n) is 3.05. The molecular weight excluding hydrogens is 186 g/mol. The summed E-state index contributed by atoms with van der Waals surface area (Å²) < 4.78 is 5.04. The number of ether oxygens (including phenoxy) is 1. The minimum atomic E-state index is 0.568. The number of methoxy groups -OCH3 is 1. The van der Waals surface area contributed by atoms with Crippen LogP contribution in [0.3, 0.4) is 0 Å². The molecule has 0 aliphatic heterocycles. The van der Waals surface area contributed by atoms with Crippen LogP contribution in [-0.2, 0) is 11.2 Å². The lowest BCUT2D eigenvalue weighted by Crippen LogP contribution is -2.21. The highest BCUT2D eigenvalue weighted by Gasteiger charge is 2.20. The summed E-state index contributed by atoms with van der Waals surface area (Å²) in [6, 6.07) is 9.32. The van der Waals surface area contributed by atoms with Crippen molar-refractivity contribution >= 4 is 0 Å². The van der Waals surface area contributed by atoms with Crippen molar-refractivity contribution in [3.8, 4) is 0 Å². The lowest BCUT2D eigenvalue weighted by atomic mass is 10.1. The average Bonchev–Trinajstić information content (AvgIpc) is 2.68. The molecule has 0 aromatic heterocycles. The smallest absolute Gasteiger partial charge is 0.0474 e. The van der Waals surface area contributed by atoms with Crippen LogP contribution < -0.4 is 5.32 Å². The Morgan fingerprint density at radius 2 is 2.27 bits per heavy atom. The number of benzene rings is 1. The van der Waals surface area contributed by atoms with E-state index in [1.165, 1.54) is 24.0 Å². The van der Waals surface area contributed by atoms with Gasteiger partial charge in [-0.3, -0.25) is 0 Å². The molecule has 1 aromatic rings. The monoisotopic (exact) mass is 205 g/mol.